The number of esters is 1. The number of phenols is 1. The van der Waals surface area contributed by atoms with Crippen molar-refractivity contribution in [3.8, 4) is 23.0 Å². The second-order valence-electron chi connectivity index (χ2n) is 5.84. The number of carbonyl (C=O) groups excluding carboxylic acids is 2. The van der Waals surface area contributed by atoms with Crippen molar-refractivity contribution in [1.82, 2.24) is 5.32 Å². The van der Waals surface area contributed by atoms with E-state index in [4.69, 9.17) is 18.9 Å². The Morgan fingerprint density at radius 3 is 2.70 bits per heavy atom. The van der Waals surface area contributed by atoms with Gasteiger partial charge in [0.05, 0.1) is 7.11 Å². The molecule has 0 saturated heterocycles. The lowest BCUT2D eigenvalue weighted by molar-refractivity contribution is -0.129. The largest absolute Gasteiger partial charge is 0.507 e. The maximum Gasteiger partial charge on any atom is 0.342 e. The molecule has 1 atom stereocenters. The third-order valence-electron chi connectivity index (χ3n) is 3.98. The van der Waals surface area contributed by atoms with Crippen molar-refractivity contribution >= 4 is 11.9 Å². The molecule has 142 valence electrons. The van der Waals surface area contributed by atoms with E-state index in [-0.39, 0.29) is 24.7 Å². The van der Waals surface area contributed by atoms with Crippen molar-refractivity contribution < 1.29 is 33.6 Å². The fourth-order valence-corrected chi connectivity index (χ4v) is 2.47. The summed E-state index contributed by atoms with van der Waals surface area (Å²) in [7, 11) is 1.44. The molecule has 8 heteroatoms. The number of amides is 1. The van der Waals surface area contributed by atoms with Gasteiger partial charge in [0.1, 0.15) is 17.1 Å². The van der Waals surface area contributed by atoms with Crippen LogP contribution in [0.25, 0.3) is 0 Å². The van der Waals surface area contributed by atoms with Crippen LogP contribution in [0.2, 0.25) is 0 Å². The first-order valence-electron chi connectivity index (χ1n) is 8.22. The number of hydrogen-bond acceptors (Lipinski definition) is 7. The lowest BCUT2D eigenvalue weighted by atomic mass is 10.2. The number of rotatable bonds is 6. The van der Waals surface area contributed by atoms with Gasteiger partial charge in [0.25, 0.3) is 5.91 Å². The van der Waals surface area contributed by atoms with Crippen LogP contribution in [-0.2, 0) is 16.1 Å². The Labute approximate surface area is 155 Å². The maximum absolute atomic E-state index is 12.2. The summed E-state index contributed by atoms with van der Waals surface area (Å²) in [6.45, 7) is 1.87. The molecule has 0 unspecified atom stereocenters. The van der Waals surface area contributed by atoms with Gasteiger partial charge in [-0.2, -0.15) is 0 Å². The van der Waals surface area contributed by atoms with Crippen LogP contribution in [0.1, 0.15) is 22.8 Å². The number of nitrogens with one attached hydrogen (secondary N) is 1. The van der Waals surface area contributed by atoms with Crippen LogP contribution in [0.15, 0.2) is 36.4 Å². The molecule has 1 aliphatic heterocycles. The smallest absolute Gasteiger partial charge is 0.342 e. The van der Waals surface area contributed by atoms with E-state index in [1.807, 2.05) is 0 Å². The second kappa shape index (κ2) is 7.86. The molecule has 0 spiro atoms. The molecule has 1 aliphatic rings. The molecule has 1 heterocycles. The molecule has 0 radical (unpaired) electrons. The van der Waals surface area contributed by atoms with Gasteiger partial charge in [0.15, 0.2) is 17.6 Å². The number of benzene rings is 2. The fraction of sp³-hybridized carbons (Fsp3) is 0.263. The van der Waals surface area contributed by atoms with E-state index in [0.29, 0.717) is 17.2 Å². The molecule has 0 aliphatic carbocycles. The molecule has 0 fully saturated rings. The minimum atomic E-state index is -1.03. The van der Waals surface area contributed by atoms with Gasteiger partial charge in [-0.15, -0.1) is 0 Å². The second-order valence-corrected chi connectivity index (χ2v) is 5.84. The molecule has 2 aromatic carbocycles. The Morgan fingerprint density at radius 1 is 1.19 bits per heavy atom. The van der Waals surface area contributed by atoms with Crippen molar-refractivity contribution in [2.75, 3.05) is 13.9 Å². The van der Waals surface area contributed by atoms with Gasteiger partial charge in [-0.25, -0.2) is 4.79 Å². The van der Waals surface area contributed by atoms with E-state index in [9.17, 15) is 14.7 Å². The predicted molar refractivity (Wildman–Crippen MR) is 93.9 cm³/mol. The van der Waals surface area contributed by atoms with Crippen molar-refractivity contribution in [2.45, 2.75) is 19.6 Å². The van der Waals surface area contributed by atoms with E-state index in [0.717, 1.165) is 5.56 Å². The predicted octanol–water partition coefficient (Wildman–Crippen LogP) is 1.99. The number of aromatic hydroxyl groups is 1. The Hall–Kier alpha value is -3.42. The van der Waals surface area contributed by atoms with E-state index in [1.54, 1.807) is 18.2 Å². The first kappa shape index (κ1) is 18.4. The van der Waals surface area contributed by atoms with E-state index in [1.165, 1.54) is 32.2 Å². The lowest BCUT2D eigenvalue weighted by Gasteiger charge is -2.14. The zero-order chi connectivity index (χ0) is 19.4. The standard InChI is InChI=1S/C19H19NO7/c1-11(27-19(23)14-5-4-13(24-2)8-15(14)21)18(22)20-9-12-3-6-16-17(7-12)26-10-25-16/h3-8,11,21H,9-10H2,1-2H3,(H,20,22)/t11-/m0/s1. The molecule has 3 rings (SSSR count). The molecule has 2 aromatic rings. The highest BCUT2D eigenvalue weighted by molar-refractivity contribution is 5.94. The minimum Gasteiger partial charge on any atom is -0.507 e. The van der Waals surface area contributed by atoms with Crippen LogP contribution in [0.5, 0.6) is 23.0 Å². The molecule has 8 nitrogen and oxygen atoms in total. The van der Waals surface area contributed by atoms with E-state index in [2.05, 4.69) is 5.32 Å². The average molecular weight is 373 g/mol. The number of phenolic OH excluding ortho intramolecular Hbond substituents is 1. The topological polar surface area (TPSA) is 103 Å². The first-order valence-corrected chi connectivity index (χ1v) is 8.22. The van der Waals surface area contributed by atoms with Crippen LogP contribution in [0.3, 0.4) is 0 Å². The highest BCUT2D eigenvalue weighted by Crippen LogP contribution is 2.32. The van der Waals surface area contributed by atoms with Crippen molar-refractivity contribution in [1.29, 1.82) is 0 Å². The highest BCUT2D eigenvalue weighted by atomic mass is 16.7. The number of ether oxygens (including phenoxy) is 4. The summed E-state index contributed by atoms with van der Waals surface area (Å²) in [6.07, 6.45) is -1.03. The van der Waals surface area contributed by atoms with Crippen LogP contribution >= 0.6 is 0 Å². The van der Waals surface area contributed by atoms with Crippen LogP contribution < -0.4 is 19.5 Å². The third-order valence-corrected chi connectivity index (χ3v) is 3.98. The number of fused-ring (bicyclic) bond motifs is 1. The summed E-state index contributed by atoms with van der Waals surface area (Å²) in [5.74, 6) is 0.128. The van der Waals surface area contributed by atoms with E-state index < -0.39 is 18.0 Å². The minimum absolute atomic E-state index is 0.0498. The van der Waals surface area contributed by atoms with E-state index >= 15 is 0 Å². The zero-order valence-electron chi connectivity index (χ0n) is 14.9. The summed E-state index contributed by atoms with van der Waals surface area (Å²) >= 11 is 0. The molecular formula is C19H19NO7. The van der Waals surface area contributed by atoms with Crippen molar-refractivity contribution in [2.24, 2.45) is 0 Å². The van der Waals surface area contributed by atoms with Crippen LogP contribution in [0.4, 0.5) is 0 Å². The SMILES string of the molecule is COc1ccc(C(=O)O[C@@H](C)C(=O)NCc2ccc3c(c2)OCO3)c(O)c1. The number of hydrogen-bond donors (Lipinski definition) is 2. The summed E-state index contributed by atoms with van der Waals surface area (Å²) in [5.41, 5.74) is 0.769. The summed E-state index contributed by atoms with van der Waals surface area (Å²) in [5, 5.41) is 12.6. The number of methoxy groups -OCH3 is 1. The summed E-state index contributed by atoms with van der Waals surface area (Å²) in [4.78, 5) is 24.3. The lowest BCUT2D eigenvalue weighted by Crippen LogP contribution is -2.35. The maximum atomic E-state index is 12.2. The van der Waals surface area contributed by atoms with Gasteiger partial charge in [0, 0.05) is 12.6 Å². The third kappa shape index (κ3) is 4.22. The van der Waals surface area contributed by atoms with Crippen LogP contribution in [0, 0.1) is 0 Å². The quantitative estimate of drug-likeness (QED) is 0.747. The Kier molecular flexibility index (Phi) is 5.35. The van der Waals surface area contributed by atoms with Crippen molar-refractivity contribution in [3.63, 3.8) is 0 Å². The van der Waals surface area contributed by atoms with Gasteiger partial charge in [-0.05, 0) is 36.8 Å². The van der Waals surface area contributed by atoms with Gasteiger partial charge in [-0.1, -0.05) is 6.07 Å². The zero-order valence-corrected chi connectivity index (χ0v) is 14.9. The molecule has 2 N–H and O–H groups in total. The molecule has 0 bridgehead atoms. The molecule has 0 aromatic heterocycles. The highest BCUT2D eigenvalue weighted by Gasteiger charge is 2.21. The molecular weight excluding hydrogens is 354 g/mol. The van der Waals surface area contributed by atoms with Gasteiger partial charge < -0.3 is 29.4 Å². The first-order chi connectivity index (χ1) is 13.0. The fourth-order valence-electron chi connectivity index (χ4n) is 2.47. The Morgan fingerprint density at radius 2 is 1.96 bits per heavy atom. The average Bonchev–Trinajstić information content (AvgIpc) is 3.13. The normalized spacial score (nSPS) is 13.0. The molecule has 1 amide bonds. The molecule has 27 heavy (non-hydrogen) atoms. The number of carbonyl (C=O) groups is 2. The van der Waals surface area contributed by atoms with Crippen LogP contribution in [-0.4, -0.2) is 37.0 Å². The monoisotopic (exact) mass is 373 g/mol. The Bertz CT molecular complexity index is 865. The Balaban J connectivity index is 1.55. The van der Waals surface area contributed by atoms with Gasteiger partial charge in [-0.3, -0.25) is 4.79 Å². The summed E-state index contributed by atoms with van der Waals surface area (Å²) < 4.78 is 20.6. The van der Waals surface area contributed by atoms with Crippen molar-refractivity contribution in [3.05, 3.63) is 47.5 Å². The molecule has 0 saturated carbocycles. The summed E-state index contributed by atoms with van der Waals surface area (Å²) in [6, 6.07) is 9.52. The van der Waals surface area contributed by atoms with Gasteiger partial charge in [0.2, 0.25) is 6.79 Å². The van der Waals surface area contributed by atoms with Gasteiger partial charge >= 0.3 is 5.97 Å².